The monoisotopic (exact) mass is 220 g/mol. The number of ether oxygens (including phenoxy) is 1. The number of hydrogen-bond donors (Lipinski definition) is 1. The van der Waals surface area contributed by atoms with E-state index in [1.54, 1.807) is 7.05 Å². The number of alkyl carbamates (subject to hydrolysis) is 1. The number of anilines is 1. The van der Waals surface area contributed by atoms with Gasteiger partial charge in [-0.3, -0.25) is 4.79 Å². The Balaban J connectivity index is 2.34. The number of likely N-dealkylation sites (N-methyl/N-ethyl adjacent to an activating group) is 1. The fourth-order valence-electron chi connectivity index (χ4n) is 1.80. The number of carbonyl (C=O) groups is 2. The Labute approximate surface area is 93.0 Å². The van der Waals surface area contributed by atoms with Crippen molar-refractivity contribution in [3.8, 4) is 0 Å². The normalized spacial score (nSPS) is 18.2. The van der Waals surface area contributed by atoms with Gasteiger partial charge in [0.25, 0.3) is 5.91 Å². The van der Waals surface area contributed by atoms with Crippen LogP contribution < -0.4 is 10.2 Å². The van der Waals surface area contributed by atoms with Gasteiger partial charge in [0.1, 0.15) is 6.04 Å². The molecule has 5 nitrogen and oxygen atoms in total. The molecular formula is C11H12N2O3. The lowest BCUT2D eigenvalue weighted by atomic mass is 10.1. The van der Waals surface area contributed by atoms with Crippen LogP contribution in [0.15, 0.2) is 24.3 Å². The van der Waals surface area contributed by atoms with E-state index in [4.69, 9.17) is 0 Å². The number of rotatable bonds is 1. The summed E-state index contributed by atoms with van der Waals surface area (Å²) < 4.78 is 4.49. The predicted molar refractivity (Wildman–Crippen MR) is 58.1 cm³/mol. The number of amides is 2. The SMILES string of the molecule is COC(=O)NC1C(=O)N(C)c2ccccc21. The van der Waals surface area contributed by atoms with E-state index in [9.17, 15) is 9.59 Å². The predicted octanol–water partition coefficient (Wildman–Crippen LogP) is 1.06. The lowest BCUT2D eigenvalue weighted by Crippen LogP contribution is -2.35. The number of benzene rings is 1. The van der Waals surface area contributed by atoms with Crippen LogP contribution in [0.4, 0.5) is 10.5 Å². The molecule has 1 atom stereocenters. The molecule has 0 aromatic heterocycles. The van der Waals surface area contributed by atoms with E-state index >= 15 is 0 Å². The van der Waals surface area contributed by atoms with Crippen LogP contribution in [0.3, 0.4) is 0 Å². The maximum Gasteiger partial charge on any atom is 0.407 e. The van der Waals surface area contributed by atoms with Crippen molar-refractivity contribution in [3.63, 3.8) is 0 Å². The molecule has 0 radical (unpaired) electrons. The van der Waals surface area contributed by atoms with Gasteiger partial charge in [0.15, 0.2) is 0 Å². The fraction of sp³-hybridized carbons (Fsp3) is 0.273. The highest BCUT2D eigenvalue weighted by Gasteiger charge is 2.35. The van der Waals surface area contributed by atoms with E-state index in [-0.39, 0.29) is 5.91 Å². The van der Waals surface area contributed by atoms with Gasteiger partial charge in [-0.05, 0) is 6.07 Å². The number of nitrogens with zero attached hydrogens (tertiary/aromatic N) is 1. The first-order valence-corrected chi connectivity index (χ1v) is 4.86. The van der Waals surface area contributed by atoms with Gasteiger partial charge in [-0.15, -0.1) is 0 Å². The van der Waals surface area contributed by atoms with Crippen LogP contribution in [-0.4, -0.2) is 26.2 Å². The van der Waals surface area contributed by atoms with Crippen LogP contribution in [0.25, 0.3) is 0 Å². The van der Waals surface area contributed by atoms with Crippen molar-refractivity contribution in [3.05, 3.63) is 29.8 Å². The molecule has 1 aliphatic heterocycles. The highest BCUT2D eigenvalue weighted by atomic mass is 16.5. The second-order valence-corrected chi connectivity index (χ2v) is 3.53. The average Bonchev–Trinajstić information content (AvgIpc) is 2.55. The third-order valence-electron chi connectivity index (χ3n) is 2.63. The lowest BCUT2D eigenvalue weighted by Gasteiger charge is -2.11. The summed E-state index contributed by atoms with van der Waals surface area (Å²) in [6, 6.07) is 6.69. The van der Waals surface area contributed by atoms with E-state index in [0.717, 1.165) is 11.3 Å². The number of para-hydroxylation sites is 1. The van der Waals surface area contributed by atoms with Gasteiger partial charge >= 0.3 is 6.09 Å². The maximum absolute atomic E-state index is 11.9. The van der Waals surface area contributed by atoms with Crippen LogP contribution in [0.2, 0.25) is 0 Å². The smallest absolute Gasteiger partial charge is 0.407 e. The molecular weight excluding hydrogens is 208 g/mol. The van der Waals surface area contributed by atoms with Crippen molar-refractivity contribution in [2.45, 2.75) is 6.04 Å². The van der Waals surface area contributed by atoms with Gasteiger partial charge < -0.3 is 15.0 Å². The number of carbonyl (C=O) groups excluding carboxylic acids is 2. The zero-order valence-corrected chi connectivity index (χ0v) is 9.06. The summed E-state index contributed by atoms with van der Waals surface area (Å²) in [5.41, 5.74) is 1.61. The molecule has 0 spiro atoms. The Morgan fingerprint density at radius 3 is 2.81 bits per heavy atom. The topological polar surface area (TPSA) is 58.6 Å². The van der Waals surface area contributed by atoms with Crippen LogP contribution in [0.1, 0.15) is 11.6 Å². The first kappa shape index (κ1) is 10.5. The molecule has 0 saturated heterocycles. The summed E-state index contributed by atoms with van der Waals surface area (Å²) in [6.45, 7) is 0. The zero-order valence-electron chi connectivity index (χ0n) is 9.06. The van der Waals surface area contributed by atoms with E-state index in [0.29, 0.717) is 0 Å². The van der Waals surface area contributed by atoms with E-state index < -0.39 is 12.1 Å². The minimum Gasteiger partial charge on any atom is -0.453 e. The van der Waals surface area contributed by atoms with Gasteiger partial charge in [0.2, 0.25) is 0 Å². The summed E-state index contributed by atoms with van der Waals surface area (Å²) in [5, 5.41) is 2.51. The van der Waals surface area contributed by atoms with Crippen molar-refractivity contribution in [1.29, 1.82) is 0 Å². The van der Waals surface area contributed by atoms with Gasteiger partial charge in [-0.1, -0.05) is 18.2 Å². The van der Waals surface area contributed by atoms with Crippen LogP contribution >= 0.6 is 0 Å². The second-order valence-electron chi connectivity index (χ2n) is 3.53. The van der Waals surface area contributed by atoms with Gasteiger partial charge in [-0.2, -0.15) is 0 Å². The number of hydrogen-bond acceptors (Lipinski definition) is 3. The number of nitrogens with one attached hydrogen (secondary N) is 1. The second kappa shape index (κ2) is 3.84. The van der Waals surface area contributed by atoms with E-state index in [1.807, 2.05) is 24.3 Å². The molecule has 1 N–H and O–H groups in total. The Morgan fingerprint density at radius 2 is 2.12 bits per heavy atom. The highest BCUT2D eigenvalue weighted by molar-refractivity contribution is 6.05. The summed E-state index contributed by atoms with van der Waals surface area (Å²) >= 11 is 0. The Bertz CT molecular complexity index is 445. The average molecular weight is 220 g/mol. The molecule has 0 fully saturated rings. The molecule has 2 rings (SSSR count). The third kappa shape index (κ3) is 1.50. The number of fused-ring (bicyclic) bond motifs is 1. The third-order valence-corrected chi connectivity index (χ3v) is 2.63. The standard InChI is InChI=1S/C11H12N2O3/c1-13-8-6-4-3-5-7(8)9(10(13)14)12-11(15)16-2/h3-6,9H,1-2H3,(H,12,15). The highest BCUT2D eigenvalue weighted by Crippen LogP contribution is 2.34. The number of methoxy groups -OCH3 is 1. The molecule has 1 aliphatic rings. The van der Waals surface area contributed by atoms with Crippen LogP contribution in [-0.2, 0) is 9.53 Å². The minimum atomic E-state index is -0.645. The first-order chi connectivity index (χ1) is 7.65. The van der Waals surface area contributed by atoms with Crippen molar-refractivity contribution < 1.29 is 14.3 Å². The molecule has 0 saturated carbocycles. The summed E-state index contributed by atoms with van der Waals surface area (Å²) in [4.78, 5) is 24.5. The van der Waals surface area contributed by atoms with Gasteiger partial charge in [0.05, 0.1) is 7.11 Å². The van der Waals surface area contributed by atoms with Gasteiger partial charge in [0, 0.05) is 18.3 Å². The van der Waals surface area contributed by atoms with Crippen molar-refractivity contribution in [2.75, 3.05) is 19.1 Å². The zero-order chi connectivity index (χ0) is 11.7. The summed E-state index contributed by atoms with van der Waals surface area (Å²) in [6.07, 6.45) is -0.608. The Kier molecular flexibility index (Phi) is 2.52. The first-order valence-electron chi connectivity index (χ1n) is 4.86. The molecule has 5 heteroatoms. The maximum atomic E-state index is 11.9. The van der Waals surface area contributed by atoms with Crippen LogP contribution in [0.5, 0.6) is 0 Å². The van der Waals surface area contributed by atoms with Crippen molar-refractivity contribution in [2.24, 2.45) is 0 Å². The molecule has 1 aromatic rings. The molecule has 2 amide bonds. The quantitative estimate of drug-likeness (QED) is 0.769. The minimum absolute atomic E-state index is 0.161. The molecule has 0 aliphatic carbocycles. The summed E-state index contributed by atoms with van der Waals surface area (Å²) in [7, 11) is 2.95. The molecule has 16 heavy (non-hydrogen) atoms. The Hall–Kier alpha value is -2.04. The largest absolute Gasteiger partial charge is 0.453 e. The molecule has 1 unspecified atom stereocenters. The fourth-order valence-corrected chi connectivity index (χ4v) is 1.80. The van der Waals surface area contributed by atoms with Crippen molar-refractivity contribution >= 4 is 17.7 Å². The van der Waals surface area contributed by atoms with E-state index in [2.05, 4.69) is 10.1 Å². The van der Waals surface area contributed by atoms with E-state index in [1.165, 1.54) is 12.0 Å². The Morgan fingerprint density at radius 1 is 1.44 bits per heavy atom. The molecule has 0 bridgehead atoms. The van der Waals surface area contributed by atoms with Crippen LogP contribution in [0, 0.1) is 0 Å². The molecule has 1 heterocycles. The molecule has 1 aromatic carbocycles. The van der Waals surface area contributed by atoms with Gasteiger partial charge in [-0.25, -0.2) is 4.79 Å². The summed E-state index contributed by atoms with van der Waals surface area (Å²) in [5.74, 6) is -0.161. The van der Waals surface area contributed by atoms with Crippen molar-refractivity contribution in [1.82, 2.24) is 5.32 Å². The molecule has 84 valence electrons. The lowest BCUT2D eigenvalue weighted by molar-refractivity contribution is -0.119.